The highest BCUT2D eigenvalue weighted by molar-refractivity contribution is 7.73. The Hall–Kier alpha value is -2.91. The molecule has 0 spiro atoms. The van der Waals surface area contributed by atoms with E-state index in [0.717, 1.165) is 5.56 Å². The minimum Gasteiger partial charge on any atom is -0.508 e. The summed E-state index contributed by atoms with van der Waals surface area (Å²) in [5, 5.41) is 21.9. The Kier molecular flexibility index (Phi) is 5.49. The first-order valence-corrected chi connectivity index (χ1v) is 9.12. The number of hydrogen-bond acceptors (Lipinski definition) is 7. The smallest absolute Gasteiger partial charge is 0.223 e. The van der Waals surface area contributed by atoms with Gasteiger partial charge in [0.2, 0.25) is 10.9 Å². The summed E-state index contributed by atoms with van der Waals surface area (Å²) in [5.74, 6) is 0.341. The molecule has 4 N–H and O–H groups in total. The van der Waals surface area contributed by atoms with Crippen molar-refractivity contribution in [2.45, 2.75) is 12.8 Å². The van der Waals surface area contributed by atoms with Crippen LogP contribution in [0.3, 0.4) is 0 Å². The molecule has 0 unspecified atom stereocenters. The second-order valence-electron chi connectivity index (χ2n) is 5.57. The first-order valence-electron chi connectivity index (χ1n) is 7.94. The standard InChI is InChI=1S/C17H18N4O4S/c22-9-3-4-11-7-8-12(23)10-15(11)20-16-17(21-26(24)25)19-14-6-2-1-5-13(14)18-16/h1-2,5-8,10,22-23,26H,3-4,9H2,(H,18,20)(H,19,21,24,25). The highest BCUT2D eigenvalue weighted by Crippen LogP contribution is 2.29. The van der Waals surface area contributed by atoms with E-state index < -0.39 is 10.9 Å². The second-order valence-corrected chi connectivity index (χ2v) is 6.31. The Morgan fingerprint density at radius 3 is 2.35 bits per heavy atom. The van der Waals surface area contributed by atoms with Gasteiger partial charge in [0.15, 0.2) is 11.6 Å². The van der Waals surface area contributed by atoms with Crippen molar-refractivity contribution >= 4 is 39.2 Å². The molecule has 3 rings (SSSR count). The molecule has 136 valence electrons. The lowest BCUT2D eigenvalue weighted by molar-refractivity contribution is 0.288. The van der Waals surface area contributed by atoms with Gasteiger partial charge in [0, 0.05) is 18.4 Å². The normalized spacial score (nSPS) is 11.0. The molecule has 2 aromatic carbocycles. The van der Waals surface area contributed by atoms with Gasteiger partial charge in [-0.2, -0.15) is 0 Å². The molecule has 1 aromatic heterocycles. The fourth-order valence-electron chi connectivity index (χ4n) is 2.55. The average Bonchev–Trinajstić information content (AvgIpc) is 2.61. The zero-order valence-corrected chi connectivity index (χ0v) is 14.6. The van der Waals surface area contributed by atoms with Crippen molar-refractivity contribution in [3.63, 3.8) is 0 Å². The molecule has 0 aliphatic carbocycles. The van der Waals surface area contributed by atoms with Gasteiger partial charge in [-0.15, -0.1) is 0 Å². The van der Waals surface area contributed by atoms with Gasteiger partial charge in [-0.05, 0) is 36.6 Å². The Balaban J connectivity index is 2.05. The quantitative estimate of drug-likeness (QED) is 0.400. The third kappa shape index (κ3) is 4.19. The fourth-order valence-corrected chi connectivity index (χ4v) is 2.88. The van der Waals surface area contributed by atoms with Crippen LogP contribution >= 0.6 is 0 Å². The van der Waals surface area contributed by atoms with Gasteiger partial charge in [0.05, 0.1) is 11.0 Å². The van der Waals surface area contributed by atoms with Crippen molar-refractivity contribution in [2.75, 3.05) is 16.6 Å². The van der Waals surface area contributed by atoms with Crippen molar-refractivity contribution in [1.29, 1.82) is 0 Å². The summed E-state index contributed by atoms with van der Waals surface area (Å²) in [6.07, 6.45) is 1.14. The van der Waals surface area contributed by atoms with E-state index in [1.807, 2.05) is 6.07 Å². The highest BCUT2D eigenvalue weighted by Gasteiger charge is 2.12. The van der Waals surface area contributed by atoms with Crippen LogP contribution in [-0.4, -0.2) is 35.2 Å². The van der Waals surface area contributed by atoms with E-state index in [-0.39, 0.29) is 24.0 Å². The summed E-state index contributed by atoms with van der Waals surface area (Å²) >= 11 is 0. The summed E-state index contributed by atoms with van der Waals surface area (Å²) in [4.78, 5) is 8.74. The number of nitrogens with zero attached hydrogens (tertiary/aromatic N) is 2. The number of fused-ring (bicyclic) bond motifs is 1. The number of aliphatic hydroxyl groups is 1. The summed E-state index contributed by atoms with van der Waals surface area (Å²) in [7, 11) is -2.92. The van der Waals surface area contributed by atoms with Crippen LogP contribution in [0.4, 0.5) is 17.3 Å². The van der Waals surface area contributed by atoms with E-state index in [2.05, 4.69) is 20.0 Å². The van der Waals surface area contributed by atoms with Crippen LogP contribution in [0.2, 0.25) is 0 Å². The SMILES string of the molecule is O=[SH](=O)Nc1nc2ccccc2nc1Nc1cc(O)ccc1CCCO. The molecule has 26 heavy (non-hydrogen) atoms. The molecule has 1 heterocycles. The number of aromatic hydroxyl groups is 1. The summed E-state index contributed by atoms with van der Waals surface area (Å²) < 4.78 is 24.5. The lowest BCUT2D eigenvalue weighted by Gasteiger charge is -2.14. The number of anilines is 3. The topological polar surface area (TPSA) is 124 Å². The number of rotatable bonds is 7. The first kappa shape index (κ1) is 17.9. The van der Waals surface area contributed by atoms with Crippen molar-refractivity contribution in [2.24, 2.45) is 0 Å². The Morgan fingerprint density at radius 1 is 1.00 bits per heavy atom. The van der Waals surface area contributed by atoms with E-state index in [1.165, 1.54) is 6.07 Å². The number of aliphatic hydroxyl groups excluding tert-OH is 1. The van der Waals surface area contributed by atoms with Crippen molar-refractivity contribution in [3.05, 3.63) is 48.0 Å². The number of hydrogen-bond donors (Lipinski definition) is 5. The predicted octanol–water partition coefficient (Wildman–Crippen LogP) is 1.94. The zero-order valence-electron chi connectivity index (χ0n) is 13.7. The van der Waals surface area contributed by atoms with Gasteiger partial charge < -0.3 is 15.5 Å². The number of nitrogens with one attached hydrogen (secondary N) is 2. The number of benzene rings is 2. The third-order valence-corrected chi connectivity index (χ3v) is 4.11. The molecule has 0 aliphatic heterocycles. The van der Waals surface area contributed by atoms with E-state index >= 15 is 0 Å². The molecule has 0 bridgehead atoms. The van der Waals surface area contributed by atoms with Gasteiger partial charge in [0.1, 0.15) is 5.75 Å². The third-order valence-electron chi connectivity index (χ3n) is 3.72. The zero-order chi connectivity index (χ0) is 18.5. The molecule has 0 atom stereocenters. The van der Waals surface area contributed by atoms with Gasteiger partial charge >= 0.3 is 0 Å². The molecule has 0 fully saturated rings. The van der Waals surface area contributed by atoms with E-state index in [0.29, 0.717) is 29.6 Å². The van der Waals surface area contributed by atoms with Crippen molar-refractivity contribution in [3.8, 4) is 5.75 Å². The Labute approximate surface area is 151 Å². The first-order chi connectivity index (χ1) is 12.6. The highest BCUT2D eigenvalue weighted by atomic mass is 32.2. The molecule has 0 saturated heterocycles. The largest absolute Gasteiger partial charge is 0.508 e. The van der Waals surface area contributed by atoms with Gasteiger partial charge in [-0.25, -0.2) is 18.4 Å². The van der Waals surface area contributed by atoms with Crippen LogP contribution < -0.4 is 10.0 Å². The Bertz CT molecular complexity index is 999. The number of aryl methyl sites for hydroxylation is 1. The van der Waals surface area contributed by atoms with E-state index in [1.54, 1.807) is 30.3 Å². The minimum absolute atomic E-state index is 0.0412. The molecule has 0 saturated carbocycles. The maximum absolute atomic E-state index is 11.1. The van der Waals surface area contributed by atoms with Crippen LogP contribution in [0.15, 0.2) is 42.5 Å². The lowest BCUT2D eigenvalue weighted by Crippen LogP contribution is -2.06. The molecule has 3 aromatic rings. The molecular formula is C17H18N4O4S. The van der Waals surface area contributed by atoms with Gasteiger partial charge in [0.25, 0.3) is 0 Å². The van der Waals surface area contributed by atoms with Crippen LogP contribution in [-0.2, 0) is 17.3 Å². The molecule has 0 aliphatic rings. The van der Waals surface area contributed by atoms with E-state index in [4.69, 9.17) is 5.11 Å². The number of aromatic nitrogens is 2. The van der Waals surface area contributed by atoms with Crippen molar-refractivity contribution in [1.82, 2.24) is 9.97 Å². The van der Waals surface area contributed by atoms with Gasteiger partial charge in [-0.3, -0.25) is 4.72 Å². The molecule has 0 radical (unpaired) electrons. The lowest BCUT2D eigenvalue weighted by atomic mass is 10.1. The maximum Gasteiger partial charge on any atom is 0.223 e. The number of thiol groups is 1. The fraction of sp³-hybridized carbons (Fsp3) is 0.176. The molecular weight excluding hydrogens is 356 g/mol. The molecule has 0 amide bonds. The average molecular weight is 374 g/mol. The Morgan fingerprint density at radius 2 is 1.69 bits per heavy atom. The second kappa shape index (κ2) is 7.98. The molecule has 9 heteroatoms. The monoisotopic (exact) mass is 374 g/mol. The summed E-state index contributed by atoms with van der Waals surface area (Å²) in [5.41, 5.74) is 2.56. The summed E-state index contributed by atoms with van der Waals surface area (Å²) in [6, 6.07) is 11.9. The predicted molar refractivity (Wildman–Crippen MR) is 100 cm³/mol. The van der Waals surface area contributed by atoms with Crippen LogP contribution in [0.5, 0.6) is 5.75 Å². The molecule has 8 nitrogen and oxygen atoms in total. The van der Waals surface area contributed by atoms with Crippen molar-refractivity contribution < 1.29 is 18.6 Å². The summed E-state index contributed by atoms with van der Waals surface area (Å²) in [6.45, 7) is 0.0412. The number of phenolic OH excluding ortho intramolecular Hbond substituents is 1. The van der Waals surface area contributed by atoms with Crippen LogP contribution in [0.1, 0.15) is 12.0 Å². The van der Waals surface area contributed by atoms with E-state index in [9.17, 15) is 13.5 Å². The minimum atomic E-state index is -2.92. The maximum atomic E-state index is 11.1. The number of para-hydroxylation sites is 2. The van der Waals surface area contributed by atoms with Gasteiger partial charge in [-0.1, -0.05) is 18.2 Å². The number of phenols is 1. The van der Waals surface area contributed by atoms with Crippen LogP contribution in [0.25, 0.3) is 11.0 Å². The van der Waals surface area contributed by atoms with Crippen LogP contribution in [0, 0.1) is 0 Å².